The van der Waals surface area contributed by atoms with Crippen LogP contribution in [-0.4, -0.2) is 101 Å². The molecular weight excluding hydrogens is 781 g/mol. The van der Waals surface area contributed by atoms with Gasteiger partial charge in [0, 0.05) is 49.3 Å². The zero-order valence-electron chi connectivity index (χ0n) is 37.7. The number of hydrogen-bond acceptors (Lipinski definition) is 8. The van der Waals surface area contributed by atoms with Gasteiger partial charge in [-0.3, -0.25) is 0 Å². The Labute approximate surface area is 364 Å². The maximum Gasteiger partial charge on any atom is 0.205 e. The number of thiol groups is 1. The molecule has 0 saturated heterocycles. The Morgan fingerprint density at radius 1 is 0.593 bits per heavy atom. The third-order valence-electron chi connectivity index (χ3n) is 9.49. The Kier molecular flexibility index (Phi) is 24.2. The van der Waals surface area contributed by atoms with Gasteiger partial charge < -0.3 is 37.8 Å². The number of pyridine rings is 2. The van der Waals surface area contributed by atoms with Crippen molar-refractivity contribution >= 4 is 46.8 Å². The highest BCUT2D eigenvalue weighted by Crippen LogP contribution is 2.39. The van der Waals surface area contributed by atoms with E-state index in [1.165, 1.54) is 17.9 Å². The summed E-state index contributed by atoms with van der Waals surface area (Å²) in [5.74, 6) is 4.90. The van der Waals surface area contributed by atoms with E-state index in [2.05, 4.69) is 122 Å². The van der Waals surface area contributed by atoms with E-state index in [1.54, 1.807) is 53.5 Å². The lowest BCUT2D eigenvalue weighted by atomic mass is 10.1. The number of methoxy groups -OCH3 is 6. The first-order valence-corrected chi connectivity index (χ1v) is 22.4. The number of nitrogens with zero attached hydrogens (tertiary/aromatic N) is 3. The van der Waals surface area contributed by atoms with Gasteiger partial charge in [0.2, 0.25) is 22.9 Å². The van der Waals surface area contributed by atoms with Gasteiger partial charge in [0.1, 0.15) is 6.54 Å². The van der Waals surface area contributed by atoms with E-state index in [-0.39, 0.29) is 0 Å². The third-order valence-corrected chi connectivity index (χ3v) is 10.4. The van der Waals surface area contributed by atoms with Gasteiger partial charge >= 0.3 is 0 Å². The van der Waals surface area contributed by atoms with Crippen molar-refractivity contribution in [3.8, 4) is 34.5 Å². The molecule has 0 saturated carbocycles. The fraction of sp³-hybridized carbons (Fsp3) is 0.447. The minimum atomic E-state index is 0.603. The smallest absolute Gasteiger partial charge is 0.205 e. The van der Waals surface area contributed by atoms with Gasteiger partial charge in [-0.2, -0.15) is 9.13 Å². The molecule has 4 rings (SSSR count). The van der Waals surface area contributed by atoms with Gasteiger partial charge in [-0.15, -0.1) is 11.7 Å². The molecular formula is C47H72N4O6S2+4. The van der Waals surface area contributed by atoms with E-state index in [1.807, 2.05) is 38.1 Å². The van der Waals surface area contributed by atoms with Crippen molar-refractivity contribution in [2.24, 2.45) is 0 Å². The van der Waals surface area contributed by atoms with Gasteiger partial charge in [0.15, 0.2) is 41.9 Å². The number of nitrogens with one attached hydrogen (secondary N) is 1. The van der Waals surface area contributed by atoms with Crippen LogP contribution in [0, 0.1) is 0 Å². The number of rotatable bonds is 22. The summed E-state index contributed by atoms with van der Waals surface area (Å²) in [5, 5.41) is 0. The summed E-state index contributed by atoms with van der Waals surface area (Å²) in [6.07, 6.45) is 16.1. The van der Waals surface area contributed by atoms with Crippen molar-refractivity contribution in [1.82, 2.24) is 0 Å². The Morgan fingerprint density at radius 3 is 1.39 bits per heavy atom. The van der Waals surface area contributed by atoms with Crippen molar-refractivity contribution in [3.63, 3.8) is 0 Å². The minimum absolute atomic E-state index is 0.603. The number of hydrogen-bond donors (Lipinski definition) is 2. The van der Waals surface area contributed by atoms with Crippen LogP contribution in [0.15, 0.2) is 73.1 Å². The number of unbranched alkanes of at least 4 members (excludes halogenated alkanes) is 1. The van der Waals surface area contributed by atoms with Gasteiger partial charge in [0.05, 0.1) is 103 Å². The molecule has 0 fully saturated rings. The van der Waals surface area contributed by atoms with Crippen LogP contribution in [0.2, 0.25) is 0 Å². The van der Waals surface area contributed by atoms with Gasteiger partial charge in [-0.1, -0.05) is 24.6 Å². The van der Waals surface area contributed by atoms with Crippen LogP contribution in [-0.2, 0) is 13.1 Å². The van der Waals surface area contributed by atoms with Crippen molar-refractivity contribution in [2.75, 3.05) is 96.2 Å². The van der Waals surface area contributed by atoms with Crippen LogP contribution >= 0.6 is 22.5 Å². The third kappa shape index (κ3) is 17.4. The summed E-state index contributed by atoms with van der Waals surface area (Å²) in [6.45, 7) is 9.48. The van der Waals surface area contributed by atoms with Crippen molar-refractivity contribution in [1.29, 1.82) is 0 Å². The number of aromatic nitrogens is 2. The van der Waals surface area contributed by atoms with Crippen LogP contribution in [0.5, 0.6) is 34.5 Å². The summed E-state index contributed by atoms with van der Waals surface area (Å²) in [4.78, 5) is 1.47. The monoisotopic (exact) mass is 852 g/mol. The molecule has 0 bridgehead atoms. The highest BCUT2D eigenvalue weighted by molar-refractivity contribution is 8.68. The molecule has 324 valence electrons. The fourth-order valence-electron chi connectivity index (χ4n) is 6.27. The molecule has 0 radical (unpaired) electrons. The molecule has 0 atom stereocenters. The van der Waals surface area contributed by atoms with Gasteiger partial charge in [-0.05, 0) is 59.7 Å². The van der Waals surface area contributed by atoms with Crippen LogP contribution in [0.4, 0.5) is 0 Å². The maximum atomic E-state index is 5.46. The predicted octanol–water partition coefficient (Wildman–Crippen LogP) is 7.34. The molecule has 0 aliphatic heterocycles. The number of quaternary nitrogens is 2. The summed E-state index contributed by atoms with van der Waals surface area (Å²) in [5.41, 5.74) is 4.31. The van der Waals surface area contributed by atoms with Gasteiger partial charge in [-0.25, -0.2) is 0 Å². The largest absolute Gasteiger partial charge is 0.493 e. The molecule has 1 N–H and O–H groups in total. The standard InChI is InChI=1S/C24H35N2O3S2.C21H29N2O3.C2H6/c1-26(2,16-17-31-30)15-9-8-14-25-13-7-6-10-21(25)12-11-20-18-22(27-3)24(29-5)23(19-20)28-4;1-22(2)12-8-14-23-13-7-6-9-18(23)11-10-17-15-19(24-3)21(26-5)20(16-17)25-4;1-2/h6-7,10-13,18-19H,8-9,14-17H2,1-5H3;6-7,9-11,13,15-16H,8,12,14H2,1-5H3;1-2H3/q2*+1;/p+2/b12-11+;11-10+;. The van der Waals surface area contributed by atoms with E-state index in [0.717, 1.165) is 71.8 Å². The molecule has 0 amide bonds. The predicted molar refractivity (Wildman–Crippen MR) is 249 cm³/mol. The lowest BCUT2D eigenvalue weighted by Crippen LogP contribution is -3.05. The minimum Gasteiger partial charge on any atom is -0.493 e. The average Bonchev–Trinajstić information content (AvgIpc) is 3.26. The van der Waals surface area contributed by atoms with E-state index in [9.17, 15) is 0 Å². The van der Waals surface area contributed by atoms with Gasteiger partial charge in [0.25, 0.3) is 0 Å². The molecule has 0 unspecified atom stereocenters. The normalized spacial score (nSPS) is 11.2. The Morgan fingerprint density at radius 2 is 1.02 bits per heavy atom. The van der Waals surface area contributed by atoms with E-state index >= 15 is 0 Å². The zero-order valence-corrected chi connectivity index (χ0v) is 39.5. The molecule has 4 aromatic rings. The SMILES string of the molecule is CC.COc1cc(/C=C/c2cccc[n+]2CCCC[N+](C)(C)CCSS)cc(OC)c1OC.COc1cc(/C=C/c2cccc[n+]2CCC[NH+](C)C)cc(OC)c1OC. The first-order chi connectivity index (χ1) is 28.5. The lowest BCUT2D eigenvalue weighted by Gasteiger charge is -2.29. The van der Waals surface area contributed by atoms with E-state index < -0.39 is 0 Å². The molecule has 2 aromatic carbocycles. The Hall–Kier alpha value is -4.36. The average molecular weight is 853 g/mol. The molecule has 10 nitrogen and oxygen atoms in total. The molecule has 0 aliphatic carbocycles. The molecule has 12 heteroatoms. The summed E-state index contributed by atoms with van der Waals surface area (Å²) >= 11 is 4.26. The highest BCUT2D eigenvalue weighted by Gasteiger charge is 2.17. The van der Waals surface area contributed by atoms with Crippen molar-refractivity contribution in [3.05, 3.63) is 95.6 Å². The molecule has 0 aliphatic rings. The number of benzene rings is 2. The van der Waals surface area contributed by atoms with Crippen molar-refractivity contribution in [2.45, 2.75) is 46.2 Å². The second kappa shape index (κ2) is 28.2. The van der Waals surface area contributed by atoms with E-state index in [0.29, 0.717) is 34.5 Å². The maximum absolute atomic E-state index is 5.46. The molecule has 2 heterocycles. The quantitative estimate of drug-likeness (QED) is 0.0282. The molecule has 2 aromatic heterocycles. The van der Waals surface area contributed by atoms with Crippen LogP contribution < -0.4 is 42.5 Å². The first kappa shape index (κ1) is 50.8. The van der Waals surface area contributed by atoms with Crippen LogP contribution in [0.3, 0.4) is 0 Å². The zero-order chi connectivity index (χ0) is 43.6. The lowest BCUT2D eigenvalue weighted by molar-refractivity contribution is -0.888. The second-order valence-corrected chi connectivity index (χ2v) is 15.9. The van der Waals surface area contributed by atoms with Crippen LogP contribution in [0.1, 0.15) is 55.6 Å². The number of ether oxygens (including phenoxy) is 6. The Balaban J connectivity index is 0.000000396. The van der Waals surface area contributed by atoms with Crippen molar-refractivity contribution < 1.29 is 46.9 Å². The highest BCUT2D eigenvalue weighted by atomic mass is 33.1. The van der Waals surface area contributed by atoms with Crippen LogP contribution in [0.25, 0.3) is 24.3 Å². The summed E-state index contributed by atoms with van der Waals surface area (Å²) in [6, 6.07) is 20.3. The topological polar surface area (TPSA) is 67.6 Å². The Bertz CT molecular complexity index is 1820. The number of aryl methyl sites for hydroxylation is 2. The second-order valence-electron chi connectivity index (χ2n) is 14.5. The van der Waals surface area contributed by atoms with E-state index in [4.69, 9.17) is 28.4 Å². The summed E-state index contributed by atoms with van der Waals surface area (Å²) < 4.78 is 38.2. The summed E-state index contributed by atoms with van der Waals surface area (Å²) in [7, 11) is 20.3. The molecule has 0 spiro atoms. The fourth-order valence-corrected chi connectivity index (χ4v) is 7.09. The molecule has 59 heavy (non-hydrogen) atoms. The first-order valence-electron chi connectivity index (χ1n) is 20.3.